The van der Waals surface area contributed by atoms with Crippen LogP contribution < -0.4 is 5.32 Å². The van der Waals surface area contributed by atoms with Crippen LogP contribution in [0.15, 0.2) is 24.3 Å². The van der Waals surface area contributed by atoms with Crippen molar-refractivity contribution < 1.29 is 4.79 Å². The van der Waals surface area contributed by atoms with Gasteiger partial charge >= 0.3 is 0 Å². The summed E-state index contributed by atoms with van der Waals surface area (Å²) in [6.45, 7) is 0. The van der Waals surface area contributed by atoms with E-state index in [1.165, 1.54) is 32.1 Å². The number of hydrogen-bond donors (Lipinski definition) is 1. The number of nitrogens with one attached hydrogen (secondary N) is 1. The molecule has 0 saturated heterocycles. The second-order valence-corrected chi connectivity index (χ2v) is 7.47. The Hall–Kier alpha value is -1.82. The molecule has 0 spiro atoms. The van der Waals surface area contributed by atoms with E-state index in [1.54, 1.807) is 0 Å². The lowest BCUT2D eigenvalue weighted by Crippen LogP contribution is -2.55. The third-order valence-corrected chi connectivity index (χ3v) is 6.00. The van der Waals surface area contributed by atoms with Crippen molar-refractivity contribution in [3.63, 3.8) is 0 Å². The van der Waals surface area contributed by atoms with Gasteiger partial charge in [-0.25, -0.2) is 0 Å². The van der Waals surface area contributed by atoms with Crippen molar-refractivity contribution in [1.82, 2.24) is 5.32 Å². The van der Waals surface area contributed by atoms with Crippen molar-refractivity contribution in [1.29, 1.82) is 5.26 Å². The fraction of sp³-hybridized carbons (Fsp3) is 0.579. The molecule has 0 atom stereocenters. The van der Waals surface area contributed by atoms with Gasteiger partial charge < -0.3 is 5.32 Å². The smallest absolute Gasteiger partial charge is 0.251 e. The third-order valence-electron chi connectivity index (χ3n) is 6.00. The van der Waals surface area contributed by atoms with E-state index in [9.17, 15) is 4.79 Å². The van der Waals surface area contributed by atoms with E-state index in [2.05, 4.69) is 11.4 Å². The molecule has 1 N–H and O–H groups in total. The Labute approximate surface area is 131 Å². The molecule has 4 aliphatic carbocycles. The normalized spacial score (nSPS) is 35.1. The molecule has 0 unspecified atom stereocenters. The summed E-state index contributed by atoms with van der Waals surface area (Å²) < 4.78 is 0. The van der Waals surface area contributed by atoms with Gasteiger partial charge in [0.25, 0.3) is 5.91 Å². The van der Waals surface area contributed by atoms with Crippen molar-refractivity contribution in [2.75, 3.05) is 0 Å². The molecule has 5 rings (SSSR count). The minimum Gasteiger partial charge on any atom is -0.349 e. The van der Waals surface area contributed by atoms with Gasteiger partial charge in [-0.1, -0.05) is 12.1 Å². The van der Waals surface area contributed by atoms with Gasteiger partial charge in [-0.3, -0.25) is 4.79 Å². The number of nitriles is 1. The van der Waals surface area contributed by atoms with E-state index >= 15 is 0 Å². The maximum absolute atomic E-state index is 12.6. The Balaban J connectivity index is 1.48. The number of carbonyl (C=O) groups is 1. The van der Waals surface area contributed by atoms with Gasteiger partial charge in [0.05, 0.1) is 12.5 Å². The number of nitrogens with zero attached hydrogens (tertiary/aromatic N) is 1. The van der Waals surface area contributed by atoms with E-state index in [4.69, 9.17) is 5.26 Å². The average Bonchev–Trinajstić information content (AvgIpc) is 2.50. The summed E-state index contributed by atoms with van der Waals surface area (Å²) >= 11 is 0. The van der Waals surface area contributed by atoms with E-state index in [1.807, 2.05) is 24.3 Å². The highest BCUT2D eigenvalue weighted by atomic mass is 16.1. The Morgan fingerprint density at radius 1 is 1.14 bits per heavy atom. The predicted octanol–water partition coefficient (Wildman–Crippen LogP) is 3.31. The molecule has 0 heterocycles. The zero-order chi connectivity index (χ0) is 15.1. The van der Waals surface area contributed by atoms with Gasteiger partial charge in [-0.2, -0.15) is 5.26 Å². The van der Waals surface area contributed by atoms with Crippen LogP contribution in [0.5, 0.6) is 0 Å². The SMILES string of the molecule is N#CCc1cccc(C(=O)NC2C3CC4CC(C3)CC2C4)c1. The molecule has 1 aromatic rings. The quantitative estimate of drug-likeness (QED) is 0.930. The summed E-state index contributed by atoms with van der Waals surface area (Å²) in [7, 11) is 0. The van der Waals surface area contributed by atoms with Gasteiger partial charge in [-0.15, -0.1) is 0 Å². The second-order valence-electron chi connectivity index (χ2n) is 7.47. The summed E-state index contributed by atoms with van der Waals surface area (Å²) in [6, 6.07) is 10.0. The maximum Gasteiger partial charge on any atom is 0.251 e. The Bertz CT molecular complexity index is 603. The summed E-state index contributed by atoms with van der Waals surface area (Å²) in [5.41, 5.74) is 1.61. The van der Waals surface area contributed by atoms with Crippen molar-refractivity contribution in [3.05, 3.63) is 35.4 Å². The number of amides is 1. The van der Waals surface area contributed by atoms with Crippen LogP contribution in [0, 0.1) is 35.0 Å². The molecule has 1 amide bonds. The minimum absolute atomic E-state index is 0.0391. The van der Waals surface area contributed by atoms with Crippen LogP contribution >= 0.6 is 0 Å². The zero-order valence-electron chi connectivity index (χ0n) is 12.8. The van der Waals surface area contributed by atoms with Gasteiger partial charge in [0.2, 0.25) is 0 Å². The fourth-order valence-electron chi connectivity index (χ4n) is 5.31. The van der Waals surface area contributed by atoms with Crippen molar-refractivity contribution in [2.24, 2.45) is 23.7 Å². The molecular weight excluding hydrogens is 272 g/mol. The molecule has 0 radical (unpaired) electrons. The van der Waals surface area contributed by atoms with Gasteiger partial charge in [-0.05, 0) is 73.5 Å². The van der Waals surface area contributed by atoms with E-state index in [0.29, 0.717) is 29.9 Å². The first-order chi connectivity index (χ1) is 10.7. The van der Waals surface area contributed by atoms with E-state index in [0.717, 1.165) is 17.4 Å². The highest BCUT2D eigenvalue weighted by Gasteiger charge is 2.48. The molecule has 114 valence electrons. The molecular formula is C19H22N2O. The third kappa shape index (κ3) is 2.41. The number of hydrogen-bond acceptors (Lipinski definition) is 2. The van der Waals surface area contributed by atoms with Crippen molar-refractivity contribution in [3.8, 4) is 6.07 Å². The van der Waals surface area contributed by atoms with Gasteiger partial charge in [0, 0.05) is 11.6 Å². The monoisotopic (exact) mass is 294 g/mol. The lowest BCUT2D eigenvalue weighted by Gasteiger charge is -2.54. The first-order valence-electron chi connectivity index (χ1n) is 8.49. The van der Waals surface area contributed by atoms with Crippen molar-refractivity contribution >= 4 is 5.91 Å². The first kappa shape index (κ1) is 13.8. The van der Waals surface area contributed by atoms with E-state index < -0.39 is 0 Å². The molecule has 4 bridgehead atoms. The molecule has 0 aliphatic heterocycles. The van der Waals surface area contributed by atoms with Crippen LogP contribution in [0.2, 0.25) is 0 Å². The van der Waals surface area contributed by atoms with E-state index in [-0.39, 0.29) is 5.91 Å². The lowest BCUT2D eigenvalue weighted by atomic mass is 9.54. The summed E-state index contributed by atoms with van der Waals surface area (Å²) in [6.07, 6.45) is 7.04. The highest BCUT2D eigenvalue weighted by Crippen LogP contribution is 2.53. The molecule has 4 fully saturated rings. The Morgan fingerprint density at radius 2 is 1.82 bits per heavy atom. The van der Waals surface area contributed by atoms with Crippen LogP contribution in [0.4, 0.5) is 0 Å². The van der Waals surface area contributed by atoms with Gasteiger partial charge in [0.15, 0.2) is 0 Å². The highest BCUT2D eigenvalue weighted by molar-refractivity contribution is 5.94. The van der Waals surface area contributed by atoms with Crippen LogP contribution in [0.3, 0.4) is 0 Å². The molecule has 3 heteroatoms. The fourth-order valence-corrected chi connectivity index (χ4v) is 5.31. The summed E-state index contributed by atoms with van der Waals surface area (Å²) in [4.78, 5) is 12.6. The first-order valence-corrected chi connectivity index (χ1v) is 8.49. The Kier molecular flexibility index (Phi) is 3.41. The van der Waals surface area contributed by atoms with Crippen LogP contribution in [0.1, 0.15) is 48.0 Å². The zero-order valence-corrected chi connectivity index (χ0v) is 12.8. The molecule has 4 saturated carbocycles. The summed E-state index contributed by atoms with van der Waals surface area (Å²) in [5, 5.41) is 12.1. The molecule has 3 nitrogen and oxygen atoms in total. The van der Waals surface area contributed by atoms with Crippen LogP contribution in [-0.4, -0.2) is 11.9 Å². The van der Waals surface area contributed by atoms with Crippen LogP contribution in [0.25, 0.3) is 0 Å². The topological polar surface area (TPSA) is 52.9 Å². The minimum atomic E-state index is 0.0391. The molecule has 0 aromatic heterocycles. The largest absolute Gasteiger partial charge is 0.349 e. The molecule has 1 aromatic carbocycles. The van der Waals surface area contributed by atoms with Crippen molar-refractivity contribution in [2.45, 2.75) is 44.6 Å². The summed E-state index contributed by atoms with van der Waals surface area (Å²) in [5.74, 6) is 3.28. The molecule has 22 heavy (non-hydrogen) atoms. The second kappa shape index (κ2) is 5.43. The lowest BCUT2D eigenvalue weighted by molar-refractivity contribution is -0.0119. The van der Waals surface area contributed by atoms with Gasteiger partial charge in [0.1, 0.15) is 0 Å². The van der Waals surface area contributed by atoms with Crippen LogP contribution in [-0.2, 0) is 6.42 Å². The Morgan fingerprint density at radius 3 is 2.45 bits per heavy atom. The standard InChI is InChI=1S/C19H22N2O/c20-5-4-12-2-1-3-15(7-12)19(22)21-18-16-8-13-6-14(10-16)11-17(18)9-13/h1-3,7,13-14,16-18H,4,6,8-11H2,(H,21,22). The maximum atomic E-state index is 12.6. The number of rotatable bonds is 3. The predicted molar refractivity (Wildman–Crippen MR) is 84.1 cm³/mol. The number of carbonyl (C=O) groups excluding carboxylic acids is 1. The number of benzene rings is 1. The average molecular weight is 294 g/mol. The molecule has 4 aliphatic rings.